The van der Waals surface area contributed by atoms with Crippen LogP contribution in [0.1, 0.15) is 18.5 Å². The number of nitrogens with zero attached hydrogens (tertiary/aromatic N) is 1. The van der Waals surface area contributed by atoms with Gasteiger partial charge < -0.3 is 0 Å². The number of rotatable bonds is 5. The molecule has 0 radical (unpaired) electrons. The fourth-order valence-electron chi connectivity index (χ4n) is 1.12. The zero-order chi connectivity index (χ0) is 12.0. The molecule has 0 aliphatic carbocycles. The van der Waals surface area contributed by atoms with Gasteiger partial charge in [-0.2, -0.15) is 0 Å². The normalized spacial score (nSPS) is 10.8. The lowest BCUT2D eigenvalue weighted by Crippen LogP contribution is -2.16. The zero-order valence-corrected chi connectivity index (χ0v) is 9.92. The third-order valence-electron chi connectivity index (χ3n) is 1.92. The molecule has 1 N–H and O–H groups in total. The van der Waals surface area contributed by atoms with Gasteiger partial charge in [0.25, 0.3) is 0 Å². The highest BCUT2D eigenvalue weighted by atomic mass is 32.2. The first-order chi connectivity index (χ1) is 7.53. The van der Waals surface area contributed by atoms with Crippen molar-refractivity contribution in [3.63, 3.8) is 0 Å². The highest BCUT2D eigenvalue weighted by Gasteiger charge is 2.09. The van der Waals surface area contributed by atoms with Crippen LogP contribution in [-0.4, -0.2) is 19.2 Å². The Morgan fingerprint density at radius 3 is 2.81 bits per heavy atom. The van der Waals surface area contributed by atoms with Crippen molar-refractivity contribution < 1.29 is 8.42 Å². The topological polar surface area (TPSA) is 59.1 Å². The third-order valence-corrected chi connectivity index (χ3v) is 3.29. The molecule has 0 aliphatic rings. The second-order valence-corrected chi connectivity index (χ2v) is 5.26. The van der Waals surface area contributed by atoms with Crippen LogP contribution in [0, 0.1) is 19.3 Å². The Morgan fingerprint density at radius 2 is 2.25 bits per heavy atom. The summed E-state index contributed by atoms with van der Waals surface area (Å²) in [6.45, 7) is 1.84. The molecule has 1 heterocycles. The average molecular weight is 238 g/mol. The minimum Gasteiger partial charge on any atom is -0.282 e. The van der Waals surface area contributed by atoms with Crippen LogP contribution in [-0.2, 0) is 10.0 Å². The van der Waals surface area contributed by atoms with E-state index in [0.717, 1.165) is 5.69 Å². The second-order valence-electron chi connectivity index (χ2n) is 3.42. The standard InChI is InChI=1S/C11H14N2O2S/c1-3-4-5-8-16(14,15)13-11-7-6-10(2)12-9-11/h1,6-7,9,13H,4-5,8H2,2H3. The van der Waals surface area contributed by atoms with Crippen molar-refractivity contribution >= 4 is 15.7 Å². The van der Waals surface area contributed by atoms with Crippen molar-refractivity contribution in [3.05, 3.63) is 24.0 Å². The summed E-state index contributed by atoms with van der Waals surface area (Å²) in [4.78, 5) is 4.00. The van der Waals surface area contributed by atoms with E-state index in [1.165, 1.54) is 6.20 Å². The van der Waals surface area contributed by atoms with Gasteiger partial charge in [-0.05, 0) is 25.5 Å². The first-order valence-corrected chi connectivity index (χ1v) is 6.55. The first kappa shape index (κ1) is 12.5. The van der Waals surface area contributed by atoms with E-state index in [9.17, 15) is 8.42 Å². The van der Waals surface area contributed by atoms with Crippen molar-refractivity contribution in [2.45, 2.75) is 19.8 Å². The SMILES string of the molecule is C#CCCCS(=O)(=O)Nc1ccc(C)nc1. The average Bonchev–Trinajstić information content (AvgIpc) is 2.21. The lowest BCUT2D eigenvalue weighted by molar-refractivity contribution is 0.599. The van der Waals surface area contributed by atoms with Gasteiger partial charge in [0.2, 0.25) is 10.0 Å². The molecule has 0 saturated heterocycles. The van der Waals surface area contributed by atoms with Crippen LogP contribution in [0.4, 0.5) is 5.69 Å². The Balaban J connectivity index is 2.59. The molecule has 16 heavy (non-hydrogen) atoms. The van der Waals surface area contributed by atoms with E-state index in [-0.39, 0.29) is 5.75 Å². The van der Waals surface area contributed by atoms with Crippen LogP contribution in [0.3, 0.4) is 0 Å². The predicted molar refractivity (Wildman–Crippen MR) is 64.5 cm³/mol. The quantitative estimate of drug-likeness (QED) is 0.625. The van der Waals surface area contributed by atoms with Gasteiger partial charge in [-0.1, -0.05) is 0 Å². The molecule has 0 aliphatic heterocycles. The summed E-state index contributed by atoms with van der Waals surface area (Å²) in [7, 11) is -3.31. The number of hydrogen-bond donors (Lipinski definition) is 1. The molecular formula is C11H14N2O2S. The lowest BCUT2D eigenvalue weighted by Gasteiger charge is -2.06. The molecule has 0 spiro atoms. The number of terminal acetylenes is 1. The van der Waals surface area contributed by atoms with Crippen molar-refractivity contribution in [2.75, 3.05) is 10.5 Å². The number of hydrogen-bond acceptors (Lipinski definition) is 3. The zero-order valence-electron chi connectivity index (χ0n) is 9.10. The van der Waals surface area contributed by atoms with E-state index in [2.05, 4.69) is 15.6 Å². The van der Waals surface area contributed by atoms with E-state index in [4.69, 9.17) is 6.42 Å². The van der Waals surface area contributed by atoms with Gasteiger partial charge in [0.15, 0.2) is 0 Å². The van der Waals surface area contributed by atoms with Crippen LogP contribution in [0.15, 0.2) is 18.3 Å². The van der Waals surface area contributed by atoms with Gasteiger partial charge in [0.05, 0.1) is 17.6 Å². The monoisotopic (exact) mass is 238 g/mol. The fourth-order valence-corrected chi connectivity index (χ4v) is 2.23. The summed E-state index contributed by atoms with van der Waals surface area (Å²) >= 11 is 0. The Hall–Kier alpha value is -1.54. The van der Waals surface area contributed by atoms with E-state index in [0.29, 0.717) is 18.5 Å². The van der Waals surface area contributed by atoms with Crippen molar-refractivity contribution in [2.24, 2.45) is 0 Å². The molecule has 0 amide bonds. The highest BCUT2D eigenvalue weighted by Crippen LogP contribution is 2.08. The predicted octanol–water partition coefficient (Wildman–Crippen LogP) is 1.55. The van der Waals surface area contributed by atoms with Crippen molar-refractivity contribution in [3.8, 4) is 12.3 Å². The number of sulfonamides is 1. The molecule has 0 bridgehead atoms. The van der Waals surface area contributed by atoms with E-state index < -0.39 is 10.0 Å². The van der Waals surface area contributed by atoms with Gasteiger partial charge in [0.1, 0.15) is 0 Å². The lowest BCUT2D eigenvalue weighted by atomic mass is 10.4. The first-order valence-electron chi connectivity index (χ1n) is 4.90. The van der Waals surface area contributed by atoms with E-state index >= 15 is 0 Å². The molecule has 1 rings (SSSR count). The number of aryl methyl sites for hydroxylation is 1. The minimum atomic E-state index is -3.31. The van der Waals surface area contributed by atoms with E-state index in [1.807, 2.05) is 6.92 Å². The summed E-state index contributed by atoms with van der Waals surface area (Å²) in [5.41, 5.74) is 1.32. The molecule has 0 aromatic carbocycles. The van der Waals surface area contributed by atoms with Gasteiger partial charge in [-0.25, -0.2) is 8.42 Å². The number of pyridine rings is 1. The molecule has 1 aromatic rings. The van der Waals surface area contributed by atoms with Crippen molar-refractivity contribution in [1.29, 1.82) is 0 Å². The van der Waals surface area contributed by atoms with Gasteiger partial charge >= 0.3 is 0 Å². The number of aromatic nitrogens is 1. The molecule has 4 nitrogen and oxygen atoms in total. The molecular weight excluding hydrogens is 224 g/mol. The maximum Gasteiger partial charge on any atom is 0.232 e. The second kappa shape index (κ2) is 5.52. The minimum absolute atomic E-state index is 0.0328. The maximum atomic E-state index is 11.6. The molecule has 1 aromatic heterocycles. The maximum absolute atomic E-state index is 11.6. The molecule has 0 fully saturated rings. The summed E-state index contributed by atoms with van der Waals surface area (Å²) in [5.74, 6) is 2.44. The number of anilines is 1. The van der Waals surface area contributed by atoms with Crippen LogP contribution < -0.4 is 4.72 Å². The Labute approximate surface area is 96.2 Å². The Kier molecular flexibility index (Phi) is 4.32. The Morgan fingerprint density at radius 1 is 1.50 bits per heavy atom. The molecule has 0 atom stereocenters. The smallest absolute Gasteiger partial charge is 0.232 e. The van der Waals surface area contributed by atoms with Crippen LogP contribution in [0.5, 0.6) is 0 Å². The fraction of sp³-hybridized carbons (Fsp3) is 0.364. The summed E-state index contributed by atoms with van der Waals surface area (Å²) in [6.07, 6.45) is 7.47. The summed E-state index contributed by atoms with van der Waals surface area (Å²) in [6, 6.07) is 3.43. The third kappa shape index (κ3) is 4.32. The largest absolute Gasteiger partial charge is 0.282 e. The van der Waals surface area contributed by atoms with Crippen LogP contribution in [0.2, 0.25) is 0 Å². The van der Waals surface area contributed by atoms with Crippen LogP contribution in [0.25, 0.3) is 0 Å². The number of unbranched alkanes of at least 4 members (excludes halogenated alkanes) is 1. The summed E-state index contributed by atoms with van der Waals surface area (Å²) in [5, 5.41) is 0. The van der Waals surface area contributed by atoms with Gasteiger partial charge in [-0.15, -0.1) is 12.3 Å². The molecule has 0 saturated carbocycles. The van der Waals surface area contributed by atoms with E-state index in [1.54, 1.807) is 12.1 Å². The molecule has 0 unspecified atom stereocenters. The molecule has 86 valence electrons. The van der Waals surface area contributed by atoms with Crippen molar-refractivity contribution in [1.82, 2.24) is 4.98 Å². The van der Waals surface area contributed by atoms with Gasteiger partial charge in [0, 0.05) is 12.1 Å². The molecule has 5 heteroatoms. The van der Waals surface area contributed by atoms with Gasteiger partial charge in [-0.3, -0.25) is 9.71 Å². The number of nitrogens with one attached hydrogen (secondary N) is 1. The summed E-state index contributed by atoms with van der Waals surface area (Å²) < 4.78 is 25.5. The highest BCUT2D eigenvalue weighted by molar-refractivity contribution is 7.92. The Bertz CT molecular complexity index is 472. The van der Waals surface area contributed by atoms with Crippen LogP contribution >= 0.6 is 0 Å².